The van der Waals surface area contributed by atoms with Crippen molar-refractivity contribution in [2.45, 2.75) is 32.8 Å². The number of anilines is 1. The van der Waals surface area contributed by atoms with E-state index in [1.807, 2.05) is 6.92 Å². The monoisotopic (exact) mass is 375 g/mol. The summed E-state index contributed by atoms with van der Waals surface area (Å²) < 4.78 is 10.7. The summed E-state index contributed by atoms with van der Waals surface area (Å²) in [6.45, 7) is 4.09. The number of benzene rings is 2. The van der Waals surface area contributed by atoms with E-state index in [4.69, 9.17) is 21.1 Å². The van der Waals surface area contributed by atoms with E-state index in [1.165, 1.54) is 0 Å². The molecule has 6 heteroatoms. The Balaban J connectivity index is 1.89. The molecular weight excluding hydrogens is 354 g/mol. The first-order chi connectivity index (χ1) is 12.5. The van der Waals surface area contributed by atoms with Crippen molar-refractivity contribution in [3.05, 3.63) is 59.1 Å². The summed E-state index contributed by atoms with van der Waals surface area (Å²) in [5.41, 5.74) is 1.02. The highest BCUT2D eigenvalue weighted by Gasteiger charge is 2.15. The Morgan fingerprint density at radius 1 is 1.15 bits per heavy atom. The Kier molecular flexibility index (Phi) is 7.48. The summed E-state index contributed by atoms with van der Waals surface area (Å²) in [6.07, 6.45) is 1.10. The minimum Gasteiger partial charge on any atom is -0.481 e. The first-order valence-corrected chi connectivity index (χ1v) is 8.87. The summed E-state index contributed by atoms with van der Waals surface area (Å²) in [5, 5.41) is 3.28. The summed E-state index contributed by atoms with van der Waals surface area (Å²) in [7, 11) is 0. The van der Waals surface area contributed by atoms with Gasteiger partial charge in [0.15, 0.2) is 6.10 Å². The number of halogens is 1. The first kappa shape index (κ1) is 19.8. The zero-order valence-corrected chi connectivity index (χ0v) is 15.6. The van der Waals surface area contributed by atoms with E-state index in [9.17, 15) is 9.59 Å². The maximum absolute atomic E-state index is 12.2. The van der Waals surface area contributed by atoms with Crippen LogP contribution in [-0.2, 0) is 9.53 Å². The second kappa shape index (κ2) is 9.82. The van der Waals surface area contributed by atoms with E-state index in [2.05, 4.69) is 5.32 Å². The van der Waals surface area contributed by atoms with Crippen molar-refractivity contribution in [3.8, 4) is 5.75 Å². The van der Waals surface area contributed by atoms with Crippen LogP contribution >= 0.6 is 11.6 Å². The quantitative estimate of drug-likeness (QED) is 0.536. The van der Waals surface area contributed by atoms with Gasteiger partial charge in [-0.3, -0.25) is 4.79 Å². The molecule has 138 valence electrons. The van der Waals surface area contributed by atoms with E-state index in [1.54, 1.807) is 55.5 Å². The number of amides is 1. The molecule has 0 saturated heterocycles. The minimum atomic E-state index is -0.702. The van der Waals surface area contributed by atoms with Crippen molar-refractivity contribution in [2.24, 2.45) is 0 Å². The Bertz CT molecular complexity index is 746. The fourth-order valence-electron chi connectivity index (χ4n) is 2.12. The highest BCUT2D eigenvalue weighted by Crippen LogP contribution is 2.19. The van der Waals surface area contributed by atoms with Crippen molar-refractivity contribution in [2.75, 3.05) is 11.9 Å². The predicted octanol–water partition coefficient (Wildman–Crippen LogP) is 4.70. The normalized spacial score (nSPS) is 11.5. The number of carbonyl (C=O) groups excluding carboxylic acids is 2. The highest BCUT2D eigenvalue weighted by atomic mass is 35.5. The number of hydrogen-bond acceptors (Lipinski definition) is 4. The van der Waals surface area contributed by atoms with Gasteiger partial charge in [-0.25, -0.2) is 4.79 Å². The van der Waals surface area contributed by atoms with E-state index in [0.29, 0.717) is 28.6 Å². The Morgan fingerprint density at radius 3 is 2.54 bits per heavy atom. The van der Waals surface area contributed by atoms with Gasteiger partial charge in [-0.2, -0.15) is 0 Å². The number of nitrogens with one attached hydrogen (secondary N) is 1. The molecule has 0 radical (unpaired) electrons. The van der Waals surface area contributed by atoms with Crippen molar-refractivity contribution < 1.29 is 19.1 Å². The lowest BCUT2D eigenvalue weighted by atomic mass is 10.2. The predicted molar refractivity (Wildman–Crippen MR) is 102 cm³/mol. The topological polar surface area (TPSA) is 64.6 Å². The van der Waals surface area contributed by atoms with Crippen LogP contribution in [0.4, 0.5) is 5.69 Å². The molecule has 0 aliphatic carbocycles. The van der Waals surface area contributed by atoms with Gasteiger partial charge >= 0.3 is 5.97 Å². The maximum Gasteiger partial charge on any atom is 0.338 e. The van der Waals surface area contributed by atoms with Gasteiger partial charge in [0, 0.05) is 10.7 Å². The van der Waals surface area contributed by atoms with Gasteiger partial charge < -0.3 is 14.8 Å². The van der Waals surface area contributed by atoms with Gasteiger partial charge in [-0.05, 0) is 55.8 Å². The minimum absolute atomic E-state index is 0.303. The molecule has 0 unspecified atom stereocenters. The van der Waals surface area contributed by atoms with E-state index >= 15 is 0 Å². The fraction of sp³-hybridized carbons (Fsp3) is 0.300. The average molecular weight is 376 g/mol. The molecule has 5 nitrogen and oxygen atoms in total. The standard InChI is InChI=1S/C20H22ClNO4/c1-3-4-12-25-20(24)15-8-10-17(11-9-15)22-19(23)14(2)26-18-7-5-6-16(21)13-18/h5-11,13-14H,3-4,12H2,1-2H3,(H,22,23)/t14-/m1/s1. The van der Waals surface area contributed by atoms with Crippen molar-refractivity contribution in [1.29, 1.82) is 0 Å². The molecule has 2 aromatic carbocycles. The molecule has 0 bridgehead atoms. The number of carbonyl (C=O) groups is 2. The largest absolute Gasteiger partial charge is 0.481 e. The second-order valence-corrected chi connectivity index (χ2v) is 6.21. The van der Waals surface area contributed by atoms with Crippen LogP contribution in [0.3, 0.4) is 0 Å². The molecule has 0 fully saturated rings. The van der Waals surface area contributed by atoms with Crippen LogP contribution in [0.15, 0.2) is 48.5 Å². The molecule has 1 atom stereocenters. The Labute approximate surface area is 158 Å². The number of rotatable bonds is 8. The van der Waals surface area contributed by atoms with E-state index < -0.39 is 6.10 Å². The third-order valence-corrected chi connectivity index (χ3v) is 3.83. The number of unbranched alkanes of at least 4 members (excludes halogenated alkanes) is 1. The molecule has 0 aliphatic heterocycles. The third kappa shape index (κ3) is 6.08. The lowest BCUT2D eigenvalue weighted by Crippen LogP contribution is -2.30. The maximum atomic E-state index is 12.2. The molecule has 0 aromatic heterocycles. The fourth-order valence-corrected chi connectivity index (χ4v) is 2.30. The van der Waals surface area contributed by atoms with Crippen LogP contribution < -0.4 is 10.1 Å². The molecule has 0 heterocycles. The second-order valence-electron chi connectivity index (χ2n) is 5.77. The zero-order valence-electron chi connectivity index (χ0n) is 14.8. The molecule has 1 amide bonds. The van der Waals surface area contributed by atoms with Gasteiger partial charge in [0.05, 0.1) is 12.2 Å². The van der Waals surface area contributed by atoms with Gasteiger partial charge in [0.2, 0.25) is 0 Å². The molecule has 1 N–H and O–H groups in total. The smallest absolute Gasteiger partial charge is 0.338 e. The van der Waals surface area contributed by atoms with Crippen molar-refractivity contribution in [1.82, 2.24) is 0 Å². The zero-order chi connectivity index (χ0) is 18.9. The van der Waals surface area contributed by atoms with Gasteiger partial charge in [0.25, 0.3) is 5.91 Å². The lowest BCUT2D eigenvalue weighted by Gasteiger charge is -2.15. The molecule has 0 saturated carbocycles. The number of ether oxygens (including phenoxy) is 2. The van der Waals surface area contributed by atoms with Crippen LogP contribution in [0.5, 0.6) is 5.75 Å². The molecule has 2 rings (SSSR count). The van der Waals surface area contributed by atoms with Crippen LogP contribution in [0, 0.1) is 0 Å². The summed E-state index contributed by atoms with van der Waals surface area (Å²) in [4.78, 5) is 24.1. The van der Waals surface area contributed by atoms with Crippen molar-refractivity contribution >= 4 is 29.2 Å². The highest BCUT2D eigenvalue weighted by molar-refractivity contribution is 6.30. The number of hydrogen-bond donors (Lipinski definition) is 1. The van der Waals surface area contributed by atoms with Gasteiger partial charge in [-0.15, -0.1) is 0 Å². The van der Waals surface area contributed by atoms with Crippen LogP contribution in [0.2, 0.25) is 5.02 Å². The van der Waals surface area contributed by atoms with Gasteiger partial charge in [0.1, 0.15) is 5.75 Å². The molecule has 0 spiro atoms. The summed E-state index contributed by atoms with van der Waals surface area (Å²) >= 11 is 5.90. The summed E-state index contributed by atoms with van der Waals surface area (Å²) in [5.74, 6) is -0.150. The first-order valence-electron chi connectivity index (χ1n) is 8.50. The van der Waals surface area contributed by atoms with Crippen LogP contribution in [-0.4, -0.2) is 24.6 Å². The third-order valence-electron chi connectivity index (χ3n) is 3.60. The molecule has 0 aliphatic rings. The van der Waals surface area contributed by atoms with Gasteiger partial charge in [-0.1, -0.05) is 31.0 Å². The molecule has 2 aromatic rings. The van der Waals surface area contributed by atoms with Crippen LogP contribution in [0.25, 0.3) is 0 Å². The van der Waals surface area contributed by atoms with E-state index in [-0.39, 0.29) is 11.9 Å². The van der Waals surface area contributed by atoms with E-state index in [0.717, 1.165) is 12.8 Å². The molecular formula is C20H22ClNO4. The molecule has 26 heavy (non-hydrogen) atoms. The number of esters is 1. The average Bonchev–Trinajstić information content (AvgIpc) is 2.62. The lowest BCUT2D eigenvalue weighted by molar-refractivity contribution is -0.122. The van der Waals surface area contributed by atoms with Crippen LogP contribution in [0.1, 0.15) is 37.0 Å². The Morgan fingerprint density at radius 2 is 1.88 bits per heavy atom. The van der Waals surface area contributed by atoms with Crippen molar-refractivity contribution in [3.63, 3.8) is 0 Å². The Hall–Kier alpha value is -2.53. The summed E-state index contributed by atoms with van der Waals surface area (Å²) in [6, 6.07) is 13.4. The SMILES string of the molecule is CCCCOC(=O)c1ccc(NC(=O)[C@@H](C)Oc2cccc(Cl)c2)cc1.